The zero-order valence-electron chi connectivity index (χ0n) is 11.9. The molecule has 1 saturated heterocycles. The maximum absolute atomic E-state index is 10.8. The molecule has 0 aromatic heterocycles. The van der Waals surface area contributed by atoms with Crippen molar-refractivity contribution in [3.63, 3.8) is 0 Å². The van der Waals surface area contributed by atoms with Gasteiger partial charge in [0.05, 0.1) is 12.2 Å². The van der Waals surface area contributed by atoms with Crippen molar-refractivity contribution in [3.05, 3.63) is 65.2 Å². The molecule has 1 unspecified atom stereocenters. The third kappa shape index (κ3) is 3.96. The fraction of sp³-hybridized carbons (Fsp3) is 0.167. The maximum Gasteiger partial charge on any atom is 0.335 e. The molecule has 0 saturated carbocycles. The van der Waals surface area contributed by atoms with Crippen LogP contribution in [0.25, 0.3) is 12.2 Å². The number of carboxylic acid groups (broad SMARTS) is 1. The van der Waals surface area contributed by atoms with E-state index in [1.54, 1.807) is 24.3 Å². The van der Waals surface area contributed by atoms with Gasteiger partial charge in [-0.05, 0) is 35.4 Å². The Hall–Kier alpha value is -2.59. The lowest BCUT2D eigenvalue weighted by atomic mass is 10.1. The number of hydrogen-bond acceptors (Lipinski definition) is 3. The van der Waals surface area contributed by atoms with Crippen LogP contribution in [0.15, 0.2) is 48.5 Å². The highest BCUT2D eigenvalue weighted by molar-refractivity contribution is 5.88. The van der Waals surface area contributed by atoms with Gasteiger partial charge < -0.3 is 14.6 Å². The van der Waals surface area contributed by atoms with E-state index in [4.69, 9.17) is 14.6 Å². The molecule has 1 N–H and O–H groups in total. The van der Waals surface area contributed by atoms with Crippen molar-refractivity contribution in [2.75, 3.05) is 13.2 Å². The average molecular weight is 296 g/mol. The fourth-order valence-corrected chi connectivity index (χ4v) is 1.96. The molecule has 2 aromatic rings. The van der Waals surface area contributed by atoms with Gasteiger partial charge in [-0.1, -0.05) is 36.4 Å². The second-order valence-corrected chi connectivity index (χ2v) is 5.10. The number of benzene rings is 2. The van der Waals surface area contributed by atoms with E-state index in [0.29, 0.717) is 12.2 Å². The fourth-order valence-electron chi connectivity index (χ4n) is 1.96. The van der Waals surface area contributed by atoms with Gasteiger partial charge in [-0.3, -0.25) is 0 Å². The highest BCUT2D eigenvalue weighted by atomic mass is 16.6. The molecule has 3 rings (SSSR count). The van der Waals surface area contributed by atoms with Gasteiger partial charge in [0.2, 0.25) is 0 Å². The summed E-state index contributed by atoms with van der Waals surface area (Å²) in [4.78, 5) is 10.8. The molecule has 4 heteroatoms. The maximum atomic E-state index is 10.8. The van der Waals surface area contributed by atoms with Crippen LogP contribution in [0.4, 0.5) is 0 Å². The van der Waals surface area contributed by atoms with Crippen LogP contribution in [0.3, 0.4) is 0 Å². The molecule has 0 spiro atoms. The van der Waals surface area contributed by atoms with Crippen molar-refractivity contribution < 1.29 is 19.4 Å². The van der Waals surface area contributed by atoms with Crippen molar-refractivity contribution >= 4 is 18.1 Å². The molecule has 1 atom stereocenters. The average Bonchev–Trinajstić information content (AvgIpc) is 3.36. The molecule has 0 aliphatic carbocycles. The Bertz CT molecular complexity index is 667. The van der Waals surface area contributed by atoms with E-state index >= 15 is 0 Å². The SMILES string of the molecule is O=C(O)c1ccc(/C=C/c2ccc(OCC3CO3)cc2)cc1. The summed E-state index contributed by atoms with van der Waals surface area (Å²) in [6, 6.07) is 14.6. The Kier molecular flexibility index (Phi) is 4.21. The van der Waals surface area contributed by atoms with E-state index < -0.39 is 5.97 Å². The third-order valence-corrected chi connectivity index (χ3v) is 3.34. The Labute approximate surface area is 128 Å². The quantitative estimate of drug-likeness (QED) is 0.656. The molecule has 0 amide bonds. The number of ether oxygens (including phenoxy) is 2. The Morgan fingerprint density at radius 1 is 1.09 bits per heavy atom. The smallest absolute Gasteiger partial charge is 0.335 e. The van der Waals surface area contributed by atoms with Crippen molar-refractivity contribution in [2.45, 2.75) is 6.10 Å². The summed E-state index contributed by atoms with van der Waals surface area (Å²) in [5, 5.41) is 8.85. The molecule has 1 fully saturated rings. The molecule has 0 bridgehead atoms. The summed E-state index contributed by atoms with van der Waals surface area (Å²) in [6.45, 7) is 1.40. The number of aromatic carboxylic acids is 1. The molecule has 1 heterocycles. The Morgan fingerprint density at radius 3 is 2.14 bits per heavy atom. The number of rotatable bonds is 6. The molecular formula is C18H16O4. The lowest BCUT2D eigenvalue weighted by molar-refractivity contribution is 0.0697. The summed E-state index contributed by atoms with van der Waals surface area (Å²) < 4.78 is 10.7. The Balaban J connectivity index is 1.60. The zero-order valence-corrected chi connectivity index (χ0v) is 11.9. The largest absolute Gasteiger partial charge is 0.491 e. The molecule has 1 aliphatic rings. The van der Waals surface area contributed by atoms with Gasteiger partial charge in [0.1, 0.15) is 18.5 Å². The standard InChI is InChI=1S/C18H16O4/c19-18(20)15-7-3-13(4-8-15)1-2-14-5-9-16(10-6-14)21-11-17-12-22-17/h1-10,17H,11-12H2,(H,19,20)/b2-1+. The number of carboxylic acids is 1. The van der Waals surface area contributed by atoms with E-state index in [2.05, 4.69) is 0 Å². The summed E-state index contributed by atoms with van der Waals surface area (Å²) in [7, 11) is 0. The van der Waals surface area contributed by atoms with Gasteiger partial charge >= 0.3 is 5.97 Å². The van der Waals surface area contributed by atoms with E-state index in [9.17, 15) is 4.79 Å². The second kappa shape index (κ2) is 6.45. The van der Waals surface area contributed by atoms with Gasteiger partial charge in [-0.2, -0.15) is 0 Å². The molecule has 4 nitrogen and oxygen atoms in total. The van der Waals surface area contributed by atoms with Crippen molar-refractivity contribution in [1.82, 2.24) is 0 Å². The van der Waals surface area contributed by atoms with Crippen molar-refractivity contribution in [3.8, 4) is 5.75 Å². The first-order valence-electron chi connectivity index (χ1n) is 7.06. The first-order valence-corrected chi connectivity index (χ1v) is 7.06. The first kappa shape index (κ1) is 14.4. The van der Waals surface area contributed by atoms with Crippen LogP contribution in [0.2, 0.25) is 0 Å². The molecular weight excluding hydrogens is 280 g/mol. The summed E-state index contributed by atoms with van der Waals surface area (Å²) in [6.07, 6.45) is 4.18. The predicted molar refractivity (Wildman–Crippen MR) is 84.0 cm³/mol. The van der Waals surface area contributed by atoms with Gasteiger partial charge in [-0.15, -0.1) is 0 Å². The molecule has 0 radical (unpaired) electrons. The zero-order chi connectivity index (χ0) is 15.4. The van der Waals surface area contributed by atoms with E-state index in [1.165, 1.54) is 0 Å². The second-order valence-electron chi connectivity index (χ2n) is 5.10. The number of carbonyl (C=O) groups is 1. The van der Waals surface area contributed by atoms with Crippen LogP contribution in [-0.2, 0) is 4.74 Å². The van der Waals surface area contributed by atoms with Gasteiger partial charge in [0.15, 0.2) is 0 Å². The number of hydrogen-bond donors (Lipinski definition) is 1. The van der Waals surface area contributed by atoms with Crippen molar-refractivity contribution in [2.24, 2.45) is 0 Å². The minimum atomic E-state index is -0.914. The summed E-state index contributed by atoms with van der Waals surface area (Å²) >= 11 is 0. The molecule has 22 heavy (non-hydrogen) atoms. The number of epoxide rings is 1. The first-order chi connectivity index (χ1) is 10.7. The van der Waals surface area contributed by atoms with E-state index in [-0.39, 0.29) is 6.10 Å². The van der Waals surface area contributed by atoms with Crippen molar-refractivity contribution in [1.29, 1.82) is 0 Å². The normalized spacial score (nSPS) is 16.6. The monoisotopic (exact) mass is 296 g/mol. The topological polar surface area (TPSA) is 59.1 Å². The summed E-state index contributed by atoms with van der Waals surface area (Å²) in [5.41, 5.74) is 2.30. The molecule has 1 aliphatic heterocycles. The third-order valence-electron chi connectivity index (χ3n) is 3.34. The lowest BCUT2D eigenvalue weighted by Crippen LogP contribution is -2.03. The highest BCUT2D eigenvalue weighted by Crippen LogP contribution is 2.17. The molecule has 112 valence electrons. The van der Waals surface area contributed by atoms with Crippen LogP contribution in [0.1, 0.15) is 21.5 Å². The predicted octanol–water partition coefficient (Wildman–Crippen LogP) is 3.33. The van der Waals surface area contributed by atoms with Crippen LogP contribution < -0.4 is 4.74 Å². The van der Waals surface area contributed by atoms with E-state index in [1.807, 2.05) is 36.4 Å². The van der Waals surface area contributed by atoms with Crippen LogP contribution in [-0.4, -0.2) is 30.4 Å². The molecule has 2 aromatic carbocycles. The van der Waals surface area contributed by atoms with Crippen LogP contribution in [0.5, 0.6) is 5.75 Å². The van der Waals surface area contributed by atoms with E-state index in [0.717, 1.165) is 23.5 Å². The van der Waals surface area contributed by atoms with Crippen LogP contribution in [0, 0.1) is 0 Å². The van der Waals surface area contributed by atoms with Gasteiger partial charge in [-0.25, -0.2) is 4.79 Å². The minimum Gasteiger partial charge on any atom is -0.491 e. The highest BCUT2D eigenvalue weighted by Gasteiger charge is 2.22. The Morgan fingerprint density at radius 2 is 1.64 bits per heavy atom. The lowest BCUT2D eigenvalue weighted by Gasteiger charge is -2.04. The summed E-state index contributed by atoms with van der Waals surface area (Å²) in [5.74, 6) is -0.0822. The van der Waals surface area contributed by atoms with Gasteiger partial charge in [0, 0.05) is 0 Å². The van der Waals surface area contributed by atoms with Gasteiger partial charge in [0.25, 0.3) is 0 Å². The minimum absolute atomic E-state index is 0.258. The van der Waals surface area contributed by atoms with Crippen LogP contribution >= 0.6 is 0 Å².